The zero-order valence-electron chi connectivity index (χ0n) is 10.1. The van der Waals surface area contributed by atoms with Gasteiger partial charge in [0.05, 0.1) is 10.6 Å². The van der Waals surface area contributed by atoms with Crippen LogP contribution in [0.4, 0.5) is 0 Å². The van der Waals surface area contributed by atoms with Crippen molar-refractivity contribution in [2.24, 2.45) is 0 Å². The van der Waals surface area contributed by atoms with Gasteiger partial charge in [0.15, 0.2) is 0 Å². The molecule has 2 aromatic rings. The van der Waals surface area contributed by atoms with Gasteiger partial charge in [0.2, 0.25) is 5.88 Å². The van der Waals surface area contributed by atoms with Crippen molar-refractivity contribution in [3.63, 3.8) is 0 Å². The van der Waals surface area contributed by atoms with Crippen molar-refractivity contribution < 1.29 is 5.11 Å². The molecular formula is C11H13N3O3S. The van der Waals surface area contributed by atoms with Crippen molar-refractivity contribution in [1.82, 2.24) is 14.5 Å². The van der Waals surface area contributed by atoms with Gasteiger partial charge in [-0.3, -0.25) is 14.3 Å². The molecule has 0 aliphatic carbocycles. The molecular weight excluding hydrogens is 254 g/mol. The molecule has 2 rings (SSSR count). The quantitative estimate of drug-likeness (QED) is 0.850. The molecule has 0 aliphatic heterocycles. The third-order valence-corrected chi connectivity index (χ3v) is 3.64. The van der Waals surface area contributed by atoms with E-state index in [1.54, 1.807) is 0 Å². The third kappa shape index (κ3) is 2.35. The van der Waals surface area contributed by atoms with Crippen molar-refractivity contribution in [3.8, 4) is 5.88 Å². The zero-order valence-corrected chi connectivity index (χ0v) is 10.9. The Kier molecular flexibility index (Phi) is 3.33. The molecule has 0 saturated carbocycles. The fourth-order valence-corrected chi connectivity index (χ4v) is 2.36. The second kappa shape index (κ2) is 4.77. The van der Waals surface area contributed by atoms with Gasteiger partial charge in [-0.2, -0.15) is 0 Å². The Morgan fingerprint density at radius 2 is 2.17 bits per heavy atom. The Morgan fingerprint density at radius 1 is 1.44 bits per heavy atom. The van der Waals surface area contributed by atoms with E-state index < -0.39 is 11.2 Å². The van der Waals surface area contributed by atoms with Crippen LogP contribution in [0.3, 0.4) is 0 Å². The maximum absolute atomic E-state index is 11.6. The summed E-state index contributed by atoms with van der Waals surface area (Å²) in [7, 11) is 0. The zero-order chi connectivity index (χ0) is 13.3. The van der Waals surface area contributed by atoms with Crippen molar-refractivity contribution in [2.45, 2.75) is 26.8 Å². The summed E-state index contributed by atoms with van der Waals surface area (Å²) < 4.78 is 1.15. The van der Waals surface area contributed by atoms with Gasteiger partial charge in [0.1, 0.15) is 0 Å². The average Bonchev–Trinajstić information content (AvgIpc) is 2.72. The largest absolute Gasteiger partial charge is 0.494 e. The van der Waals surface area contributed by atoms with Gasteiger partial charge in [-0.25, -0.2) is 9.78 Å². The highest BCUT2D eigenvalue weighted by molar-refractivity contribution is 7.09. The summed E-state index contributed by atoms with van der Waals surface area (Å²) in [5.74, 6) is -0.281. The predicted molar refractivity (Wildman–Crippen MR) is 68.3 cm³/mol. The van der Waals surface area contributed by atoms with E-state index in [1.807, 2.05) is 12.3 Å². The van der Waals surface area contributed by atoms with E-state index in [9.17, 15) is 14.7 Å². The molecule has 0 radical (unpaired) electrons. The van der Waals surface area contributed by atoms with E-state index in [1.165, 1.54) is 18.3 Å². The molecule has 2 N–H and O–H groups in total. The Hall–Kier alpha value is -1.89. The number of aryl methyl sites for hydroxylation is 2. The lowest BCUT2D eigenvalue weighted by Gasteiger charge is -2.08. The molecule has 0 unspecified atom stereocenters. The van der Waals surface area contributed by atoms with Gasteiger partial charge in [-0.15, -0.1) is 11.3 Å². The molecule has 2 aromatic heterocycles. The highest BCUT2D eigenvalue weighted by Crippen LogP contribution is 2.12. The first-order chi connectivity index (χ1) is 8.49. The van der Waals surface area contributed by atoms with E-state index in [-0.39, 0.29) is 18.0 Å². The smallest absolute Gasteiger partial charge is 0.331 e. The lowest BCUT2D eigenvalue weighted by molar-refractivity contribution is 0.395. The number of aromatic nitrogens is 3. The minimum atomic E-state index is -0.601. The van der Waals surface area contributed by atoms with Gasteiger partial charge in [-0.1, -0.05) is 0 Å². The van der Waals surface area contributed by atoms with Crippen LogP contribution >= 0.6 is 11.3 Å². The molecule has 0 fully saturated rings. The van der Waals surface area contributed by atoms with E-state index in [4.69, 9.17) is 0 Å². The van der Waals surface area contributed by atoms with Gasteiger partial charge in [0, 0.05) is 24.0 Å². The molecule has 7 heteroatoms. The average molecular weight is 267 g/mol. The lowest BCUT2D eigenvalue weighted by Crippen LogP contribution is -2.31. The summed E-state index contributed by atoms with van der Waals surface area (Å²) in [5, 5.41) is 12.6. The van der Waals surface area contributed by atoms with Gasteiger partial charge in [0.25, 0.3) is 5.56 Å². The van der Waals surface area contributed by atoms with Crippen LogP contribution in [0.15, 0.2) is 15.0 Å². The van der Waals surface area contributed by atoms with Crippen molar-refractivity contribution in [2.75, 3.05) is 0 Å². The number of hydrogen-bond donors (Lipinski definition) is 2. The normalized spacial score (nSPS) is 10.8. The van der Waals surface area contributed by atoms with Crippen LogP contribution in [0.2, 0.25) is 0 Å². The van der Waals surface area contributed by atoms with Crippen LogP contribution in [-0.4, -0.2) is 19.6 Å². The van der Waals surface area contributed by atoms with Crippen LogP contribution in [-0.2, 0) is 13.0 Å². The number of H-pyrrole nitrogens is 1. The minimum Gasteiger partial charge on any atom is -0.494 e. The molecule has 0 bridgehead atoms. The summed E-state index contributed by atoms with van der Waals surface area (Å²) in [6, 6.07) is 0. The topological polar surface area (TPSA) is 88.0 Å². The van der Waals surface area contributed by atoms with Crippen LogP contribution in [0.5, 0.6) is 5.88 Å². The van der Waals surface area contributed by atoms with Crippen LogP contribution < -0.4 is 11.2 Å². The first-order valence-electron chi connectivity index (χ1n) is 5.42. The lowest BCUT2D eigenvalue weighted by atomic mass is 10.3. The minimum absolute atomic E-state index is 0.143. The highest BCUT2D eigenvalue weighted by atomic mass is 32.1. The van der Waals surface area contributed by atoms with Gasteiger partial charge < -0.3 is 5.11 Å². The van der Waals surface area contributed by atoms with Gasteiger partial charge >= 0.3 is 5.69 Å². The first-order valence-corrected chi connectivity index (χ1v) is 6.30. The Bertz CT molecular complexity index is 684. The summed E-state index contributed by atoms with van der Waals surface area (Å²) in [6.07, 6.45) is 0.539. The number of rotatable bonds is 3. The second-order valence-corrected chi connectivity index (χ2v) is 4.93. The fourth-order valence-electron chi connectivity index (χ4n) is 1.59. The molecule has 18 heavy (non-hydrogen) atoms. The Morgan fingerprint density at radius 3 is 2.78 bits per heavy atom. The highest BCUT2D eigenvalue weighted by Gasteiger charge is 2.10. The van der Waals surface area contributed by atoms with Crippen molar-refractivity contribution in [1.29, 1.82) is 0 Å². The van der Waals surface area contributed by atoms with E-state index in [0.717, 1.165) is 15.3 Å². The first kappa shape index (κ1) is 12.6. The maximum atomic E-state index is 11.6. The maximum Gasteiger partial charge on any atom is 0.331 e. The summed E-state index contributed by atoms with van der Waals surface area (Å²) >= 11 is 1.51. The molecule has 0 amide bonds. The number of nitrogens with zero attached hydrogens (tertiary/aromatic N) is 2. The monoisotopic (exact) mass is 267 g/mol. The molecule has 0 aliphatic rings. The van der Waals surface area contributed by atoms with Crippen molar-refractivity contribution >= 4 is 11.3 Å². The summed E-state index contributed by atoms with van der Waals surface area (Å²) in [5.41, 5.74) is -0.0793. The number of nitrogens with one attached hydrogen (secondary N) is 1. The Labute approximate surface area is 107 Å². The molecule has 0 aromatic carbocycles. The van der Waals surface area contributed by atoms with Crippen LogP contribution in [0.1, 0.15) is 16.3 Å². The fraction of sp³-hybridized carbons (Fsp3) is 0.364. The summed E-state index contributed by atoms with van der Waals surface area (Å²) in [4.78, 5) is 29.3. The molecule has 0 atom stereocenters. The molecule has 96 valence electrons. The molecule has 0 saturated heterocycles. The number of aromatic amines is 1. The summed E-state index contributed by atoms with van der Waals surface area (Å²) in [6.45, 7) is 3.65. The van der Waals surface area contributed by atoms with E-state index >= 15 is 0 Å². The second-order valence-electron chi connectivity index (χ2n) is 3.99. The number of hydrogen-bond acceptors (Lipinski definition) is 5. The predicted octanol–water partition coefficient (Wildman–Crippen LogP) is 0.558. The number of aromatic hydroxyl groups is 1. The van der Waals surface area contributed by atoms with Crippen molar-refractivity contribution in [3.05, 3.63) is 42.5 Å². The van der Waals surface area contributed by atoms with E-state index in [2.05, 4.69) is 9.97 Å². The number of thiazole rings is 1. The third-order valence-electron chi connectivity index (χ3n) is 2.61. The van der Waals surface area contributed by atoms with Crippen LogP contribution in [0.25, 0.3) is 0 Å². The van der Waals surface area contributed by atoms with Crippen LogP contribution in [0, 0.1) is 13.8 Å². The molecule has 0 spiro atoms. The molecule has 6 nitrogen and oxygen atoms in total. The van der Waals surface area contributed by atoms with Gasteiger partial charge in [-0.05, 0) is 13.8 Å². The SMILES string of the molecule is Cc1csc(CCn2c(O)c(C)c(=O)[nH]c2=O)n1. The Balaban J connectivity index is 2.27. The van der Waals surface area contributed by atoms with E-state index in [0.29, 0.717) is 6.42 Å². The standard InChI is InChI=1S/C11H13N3O3S/c1-6-5-18-8(12-6)3-4-14-10(16)7(2)9(15)13-11(14)17/h5,16H,3-4H2,1-2H3,(H,13,15,17). The molecule has 2 heterocycles.